The second-order valence-corrected chi connectivity index (χ2v) is 6.43. The number of carbonyl (C=O) groups excluding carboxylic acids is 1. The molecule has 0 atom stereocenters. The van der Waals surface area contributed by atoms with Crippen molar-refractivity contribution in [2.45, 2.75) is 25.7 Å². The summed E-state index contributed by atoms with van der Waals surface area (Å²) >= 11 is 0. The number of nitrogens with zero attached hydrogens (tertiary/aromatic N) is 3. The summed E-state index contributed by atoms with van der Waals surface area (Å²) in [5.41, 5.74) is 0.869. The number of anilines is 1. The Hall–Kier alpha value is -3.36. The van der Waals surface area contributed by atoms with Gasteiger partial charge >= 0.3 is 0 Å². The molecule has 2 N–H and O–H groups in total. The zero-order valence-corrected chi connectivity index (χ0v) is 14.3. The third-order valence-corrected chi connectivity index (χ3v) is 4.21. The van der Waals surface area contributed by atoms with Gasteiger partial charge in [-0.3, -0.25) is 14.6 Å². The number of aromatic nitrogens is 4. The van der Waals surface area contributed by atoms with Gasteiger partial charge in [-0.2, -0.15) is 9.78 Å². The highest BCUT2D eigenvalue weighted by Gasteiger charge is 2.28. The largest absolute Gasteiger partial charge is 0.306 e. The van der Waals surface area contributed by atoms with E-state index in [0.29, 0.717) is 11.6 Å². The summed E-state index contributed by atoms with van der Waals surface area (Å²) in [6, 6.07) is 5.92. The van der Waals surface area contributed by atoms with E-state index in [4.69, 9.17) is 0 Å². The van der Waals surface area contributed by atoms with Gasteiger partial charge in [-0.15, -0.1) is 0 Å². The van der Waals surface area contributed by atoms with Crippen molar-refractivity contribution in [3.63, 3.8) is 0 Å². The molecule has 0 bridgehead atoms. The van der Waals surface area contributed by atoms with E-state index in [1.165, 1.54) is 16.8 Å². The van der Waals surface area contributed by atoms with Crippen LogP contribution in [0.3, 0.4) is 0 Å². The van der Waals surface area contributed by atoms with Gasteiger partial charge in [0.15, 0.2) is 11.6 Å². The van der Waals surface area contributed by atoms with E-state index in [9.17, 15) is 18.4 Å². The summed E-state index contributed by atoms with van der Waals surface area (Å²) < 4.78 is 27.8. The average Bonchev–Trinajstić information content (AvgIpc) is 3.37. The molecular formula is C18H15F2N5O2. The van der Waals surface area contributed by atoms with E-state index >= 15 is 0 Å². The maximum absolute atomic E-state index is 13.4. The van der Waals surface area contributed by atoms with E-state index in [1.54, 1.807) is 13.0 Å². The van der Waals surface area contributed by atoms with Crippen LogP contribution >= 0.6 is 0 Å². The van der Waals surface area contributed by atoms with Crippen LogP contribution in [0.2, 0.25) is 0 Å². The van der Waals surface area contributed by atoms with Gasteiger partial charge in [0.2, 0.25) is 5.95 Å². The average molecular weight is 371 g/mol. The van der Waals surface area contributed by atoms with Crippen molar-refractivity contribution in [3.8, 4) is 5.95 Å². The van der Waals surface area contributed by atoms with Crippen molar-refractivity contribution in [1.29, 1.82) is 0 Å². The van der Waals surface area contributed by atoms with Crippen LogP contribution in [0.15, 0.2) is 35.1 Å². The first-order valence-electron chi connectivity index (χ1n) is 8.35. The number of nitrogens with one attached hydrogen (secondary N) is 2. The summed E-state index contributed by atoms with van der Waals surface area (Å²) in [6.07, 6.45) is 1.98. The minimum absolute atomic E-state index is 0.0414. The van der Waals surface area contributed by atoms with Crippen molar-refractivity contribution in [2.24, 2.45) is 0 Å². The summed E-state index contributed by atoms with van der Waals surface area (Å²) in [5.74, 6) is -2.05. The number of benzene rings is 1. The highest BCUT2D eigenvalue weighted by Crippen LogP contribution is 2.40. The lowest BCUT2D eigenvalue weighted by Crippen LogP contribution is -2.19. The maximum atomic E-state index is 13.4. The second-order valence-electron chi connectivity index (χ2n) is 6.43. The molecule has 2 aromatic heterocycles. The summed E-state index contributed by atoms with van der Waals surface area (Å²) in [4.78, 5) is 31.0. The molecule has 0 radical (unpaired) electrons. The minimum Gasteiger partial charge on any atom is -0.306 e. The Morgan fingerprint density at radius 2 is 2.00 bits per heavy atom. The number of halogens is 2. The number of aryl methyl sites for hydroxylation is 1. The monoisotopic (exact) mass is 371 g/mol. The number of aromatic amines is 1. The summed E-state index contributed by atoms with van der Waals surface area (Å²) in [5, 5.41) is 7.06. The Balaban J connectivity index is 1.72. The van der Waals surface area contributed by atoms with Crippen molar-refractivity contribution in [3.05, 3.63) is 69.3 Å². The molecule has 7 nitrogen and oxygen atoms in total. The second kappa shape index (κ2) is 6.42. The molecule has 1 aliphatic rings. The Bertz CT molecular complexity index is 1100. The first kappa shape index (κ1) is 17.1. The first-order chi connectivity index (χ1) is 12.9. The quantitative estimate of drug-likeness (QED) is 0.737. The SMILES string of the molecule is Cc1cc(=O)[nH]c(-n2nc(C3CC3)cc2NC(=O)c2ccc(F)c(F)c2)n1. The molecule has 138 valence electrons. The Labute approximate surface area is 152 Å². The van der Waals surface area contributed by atoms with Crippen molar-refractivity contribution >= 4 is 11.7 Å². The molecule has 0 aliphatic heterocycles. The standard InChI is InChI=1S/C18H15F2N5O2/c1-9-6-16(26)23-18(21-9)25-15(8-14(24-25)10-2-3-10)22-17(27)11-4-5-12(19)13(20)7-11/h4-8,10H,2-3H2,1H3,(H,22,27)(H,21,23,26). The van der Waals surface area contributed by atoms with Crippen LogP contribution in [0.4, 0.5) is 14.6 Å². The van der Waals surface area contributed by atoms with Crippen LogP contribution in [0, 0.1) is 18.6 Å². The van der Waals surface area contributed by atoms with E-state index in [1.807, 2.05) is 0 Å². The normalized spacial score (nSPS) is 13.6. The predicted molar refractivity (Wildman–Crippen MR) is 93.0 cm³/mol. The molecule has 0 saturated heterocycles. The fourth-order valence-corrected chi connectivity index (χ4v) is 2.72. The van der Waals surface area contributed by atoms with Crippen LogP contribution in [0.1, 0.15) is 40.5 Å². The lowest BCUT2D eigenvalue weighted by atomic mass is 10.2. The molecule has 0 unspecified atom stereocenters. The number of amides is 1. The molecule has 1 aromatic carbocycles. The van der Waals surface area contributed by atoms with Gasteiger partial charge in [-0.05, 0) is 38.0 Å². The molecule has 1 amide bonds. The molecule has 3 aromatic rings. The third-order valence-electron chi connectivity index (χ3n) is 4.21. The number of H-pyrrole nitrogens is 1. The molecular weight excluding hydrogens is 356 g/mol. The zero-order chi connectivity index (χ0) is 19.1. The van der Waals surface area contributed by atoms with Gasteiger partial charge in [-0.1, -0.05) is 0 Å². The lowest BCUT2D eigenvalue weighted by Gasteiger charge is -2.08. The Morgan fingerprint density at radius 3 is 2.67 bits per heavy atom. The van der Waals surface area contributed by atoms with Crippen molar-refractivity contribution in [1.82, 2.24) is 19.7 Å². The molecule has 2 heterocycles. The summed E-state index contributed by atoms with van der Waals surface area (Å²) in [7, 11) is 0. The van der Waals surface area contributed by atoms with Crippen LogP contribution in [-0.4, -0.2) is 25.7 Å². The van der Waals surface area contributed by atoms with E-state index in [2.05, 4.69) is 20.4 Å². The number of hydrogen-bond acceptors (Lipinski definition) is 4. The van der Waals surface area contributed by atoms with Gasteiger partial charge in [0, 0.05) is 29.3 Å². The van der Waals surface area contributed by atoms with Gasteiger partial charge in [-0.25, -0.2) is 13.8 Å². The Morgan fingerprint density at radius 1 is 1.22 bits per heavy atom. The minimum atomic E-state index is -1.11. The van der Waals surface area contributed by atoms with Crippen molar-refractivity contribution in [2.75, 3.05) is 5.32 Å². The fraction of sp³-hybridized carbons (Fsp3) is 0.222. The smallest absolute Gasteiger partial charge is 0.256 e. The van der Waals surface area contributed by atoms with Crippen LogP contribution in [-0.2, 0) is 0 Å². The third kappa shape index (κ3) is 3.48. The predicted octanol–water partition coefficient (Wildman–Crippen LogP) is 2.67. The van der Waals surface area contributed by atoms with Crippen LogP contribution < -0.4 is 10.9 Å². The molecule has 1 aliphatic carbocycles. The highest BCUT2D eigenvalue weighted by molar-refractivity contribution is 6.03. The molecule has 4 rings (SSSR count). The van der Waals surface area contributed by atoms with Crippen LogP contribution in [0.5, 0.6) is 0 Å². The van der Waals surface area contributed by atoms with Crippen molar-refractivity contribution < 1.29 is 13.6 Å². The van der Waals surface area contributed by atoms with E-state index < -0.39 is 17.5 Å². The number of hydrogen-bond donors (Lipinski definition) is 2. The van der Waals surface area contributed by atoms with E-state index in [-0.39, 0.29) is 22.9 Å². The molecule has 27 heavy (non-hydrogen) atoms. The highest BCUT2D eigenvalue weighted by atomic mass is 19.2. The number of carbonyl (C=O) groups is 1. The first-order valence-corrected chi connectivity index (χ1v) is 8.35. The molecule has 1 fully saturated rings. The molecule has 0 spiro atoms. The van der Waals surface area contributed by atoms with E-state index in [0.717, 1.165) is 30.7 Å². The lowest BCUT2D eigenvalue weighted by molar-refractivity contribution is 0.102. The van der Waals surface area contributed by atoms with Gasteiger partial charge in [0.05, 0.1) is 5.69 Å². The fourth-order valence-electron chi connectivity index (χ4n) is 2.72. The zero-order valence-electron chi connectivity index (χ0n) is 14.3. The number of rotatable bonds is 4. The van der Waals surface area contributed by atoms with Gasteiger partial charge in [0.25, 0.3) is 11.5 Å². The van der Waals surface area contributed by atoms with Crippen LogP contribution in [0.25, 0.3) is 5.95 Å². The summed E-state index contributed by atoms with van der Waals surface area (Å²) in [6.45, 7) is 1.67. The Kier molecular flexibility index (Phi) is 4.06. The molecule has 9 heteroatoms. The van der Waals surface area contributed by atoms with Gasteiger partial charge in [0.1, 0.15) is 5.82 Å². The maximum Gasteiger partial charge on any atom is 0.256 e. The van der Waals surface area contributed by atoms with Gasteiger partial charge < -0.3 is 5.32 Å². The molecule has 1 saturated carbocycles. The topological polar surface area (TPSA) is 92.7 Å².